The van der Waals surface area contributed by atoms with Gasteiger partial charge in [-0.25, -0.2) is 9.67 Å². The van der Waals surface area contributed by atoms with E-state index in [1.807, 2.05) is 33.8 Å². The molecular weight excluding hydrogens is 552 g/mol. The van der Waals surface area contributed by atoms with Crippen molar-refractivity contribution in [3.05, 3.63) is 40.6 Å². The predicted octanol–water partition coefficient (Wildman–Crippen LogP) is 6.43. The van der Waals surface area contributed by atoms with Gasteiger partial charge in [0, 0.05) is 22.9 Å². The van der Waals surface area contributed by atoms with E-state index >= 15 is 0 Å². The first kappa shape index (κ1) is 30.2. The number of rotatable bonds is 9. The average Bonchev–Trinajstić information content (AvgIpc) is 3.61. The van der Waals surface area contributed by atoms with E-state index in [9.17, 15) is 9.59 Å². The number of nitrogens with zero attached hydrogens (tertiary/aromatic N) is 5. The highest BCUT2D eigenvalue weighted by atomic mass is 35.5. The Morgan fingerprint density at radius 1 is 1.00 bits per heavy atom. The number of hydrogen-bond acceptors (Lipinski definition) is 6. The summed E-state index contributed by atoms with van der Waals surface area (Å²) in [5, 5.41) is 21.8. The molecule has 3 heterocycles. The second-order valence-electron chi connectivity index (χ2n) is 12.3. The number of H-pyrrole nitrogens is 1. The molecule has 2 aliphatic carbocycles. The molecule has 2 fully saturated rings. The van der Waals surface area contributed by atoms with Crippen LogP contribution in [-0.2, 0) is 4.79 Å². The second kappa shape index (κ2) is 13.4. The molecule has 1 atom stereocenters. The van der Waals surface area contributed by atoms with Gasteiger partial charge in [-0.05, 0) is 57.6 Å². The van der Waals surface area contributed by atoms with Crippen LogP contribution in [0.1, 0.15) is 106 Å². The van der Waals surface area contributed by atoms with Gasteiger partial charge in [0.15, 0.2) is 0 Å². The minimum Gasteiger partial charge on any atom is -0.339 e. The zero-order valence-electron chi connectivity index (χ0n) is 25.1. The monoisotopic (exact) mass is 594 g/mol. The molecule has 2 amide bonds. The topological polar surface area (TPSA) is 130 Å². The molecule has 0 spiro atoms. The second-order valence-corrected chi connectivity index (χ2v) is 12.7. The molecule has 5 rings (SSSR count). The maximum atomic E-state index is 14.2. The summed E-state index contributed by atoms with van der Waals surface area (Å²) in [6.07, 6.45) is 12.9. The van der Waals surface area contributed by atoms with Crippen LogP contribution in [0, 0.1) is 31.6 Å². The van der Waals surface area contributed by atoms with Crippen LogP contribution < -0.4 is 10.6 Å². The lowest BCUT2D eigenvalue weighted by Crippen LogP contribution is -2.53. The molecule has 10 nitrogen and oxygen atoms in total. The zero-order valence-corrected chi connectivity index (χ0v) is 25.9. The number of pyridine rings is 1. The lowest BCUT2D eigenvalue weighted by molar-refractivity contribution is -0.121. The highest BCUT2D eigenvalue weighted by molar-refractivity contribution is 6.32. The Hall–Kier alpha value is -3.27. The molecule has 3 N–H and O–H groups in total. The Bertz CT molecular complexity index is 1350. The first-order chi connectivity index (χ1) is 20.2. The van der Waals surface area contributed by atoms with Gasteiger partial charge in [-0.3, -0.25) is 14.7 Å². The molecular formula is C31H43ClN8O2. The Morgan fingerprint density at radius 2 is 1.64 bits per heavy atom. The fourth-order valence-electron chi connectivity index (χ4n) is 7.15. The van der Waals surface area contributed by atoms with Gasteiger partial charge in [-0.15, -0.1) is 5.10 Å². The number of amides is 2. The van der Waals surface area contributed by atoms with Crippen molar-refractivity contribution < 1.29 is 9.59 Å². The molecule has 42 heavy (non-hydrogen) atoms. The van der Waals surface area contributed by atoms with Crippen LogP contribution in [0.5, 0.6) is 0 Å². The van der Waals surface area contributed by atoms with Crippen molar-refractivity contribution in [1.29, 1.82) is 0 Å². The summed E-state index contributed by atoms with van der Waals surface area (Å²) in [6, 6.07) is 2.85. The molecule has 2 aliphatic rings. The van der Waals surface area contributed by atoms with Crippen LogP contribution in [0.2, 0.25) is 5.15 Å². The minimum absolute atomic E-state index is 0.0314. The van der Waals surface area contributed by atoms with E-state index in [1.165, 1.54) is 19.0 Å². The maximum Gasteiger partial charge on any atom is 0.271 e. The van der Waals surface area contributed by atoms with Gasteiger partial charge in [0.25, 0.3) is 5.91 Å². The van der Waals surface area contributed by atoms with E-state index in [2.05, 4.69) is 36.1 Å². The summed E-state index contributed by atoms with van der Waals surface area (Å²) in [6.45, 7) is 7.75. The molecule has 11 heteroatoms. The van der Waals surface area contributed by atoms with Gasteiger partial charge in [-0.2, -0.15) is 5.10 Å². The third kappa shape index (κ3) is 6.53. The lowest BCUT2D eigenvalue weighted by atomic mass is 9.66. The molecule has 1 unspecified atom stereocenters. The Morgan fingerprint density at radius 3 is 2.19 bits per heavy atom. The first-order valence-electron chi connectivity index (χ1n) is 15.4. The molecule has 0 radical (unpaired) electrons. The van der Waals surface area contributed by atoms with Crippen molar-refractivity contribution in [2.45, 2.75) is 104 Å². The van der Waals surface area contributed by atoms with E-state index in [4.69, 9.17) is 11.6 Å². The van der Waals surface area contributed by atoms with Gasteiger partial charge < -0.3 is 10.6 Å². The summed E-state index contributed by atoms with van der Waals surface area (Å²) >= 11 is 6.64. The number of nitrogens with one attached hydrogen (secondary N) is 3. The number of aromatic nitrogens is 6. The van der Waals surface area contributed by atoms with Gasteiger partial charge in [-0.1, -0.05) is 81.0 Å². The van der Waals surface area contributed by atoms with Crippen LogP contribution in [0.3, 0.4) is 0 Å². The summed E-state index contributed by atoms with van der Waals surface area (Å²) < 4.78 is 1.60. The van der Waals surface area contributed by atoms with Crippen LogP contribution in [0.4, 0.5) is 5.82 Å². The third-order valence-corrected chi connectivity index (χ3v) is 9.42. The van der Waals surface area contributed by atoms with Gasteiger partial charge in [0.05, 0.1) is 11.9 Å². The Labute approximate surface area is 252 Å². The SMILES string of the molecule is Cc1n[nH]c(C)c1-c1ccc(NC(=O)C(NC(=O)c2cnnn2C(C)C)C(C2CCCCC2)C2CCCCC2)nc1Cl. The number of carbonyl (C=O) groups excluding carboxylic acids is 2. The van der Waals surface area contributed by atoms with Gasteiger partial charge in [0.1, 0.15) is 22.7 Å². The quantitative estimate of drug-likeness (QED) is 0.245. The number of hydrogen-bond donors (Lipinski definition) is 3. The molecule has 0 aliphatic heterocycles. The lowest BCUT2D eigenvalue weighted by Gasteiger charge is -2.41. The summed E-state index contributed by atoms with van der Waals surface area (Å²) in [7, 11) is 0. The van der Waals surface area contributed by atoms with Crippen LogP contribution in [0.25, 0.3) is 11.1 Å². The Balaban J connectivity index is 1.46. The minimum atomic E-state index is -0.724. The number of aromatic amines is 1. The fraction of sp³-hybridized carbons (Fsp3) is 0.613. The maximum absolute atomic E-state index is 14.2. The number of aryl methyl sites for hydroxylation is 2. The van der Waals surface area contributed by atoms with Crippen molar-refractivity contribution in [3.63, 3.8) is 0 Å². The standard InChI is InChI=1S/C31H43ClN8O2/c1-18(2)40-24(17-33-39-40)30(41)36-28(27(21-11-7-5-8-12-21)22-13-9-6-10-14-22)31(42)35-25-16-15-23(29(32)34-25)26-19(3)37-38-20(26)4/h15-18,21-22,27-28H,5-14H2,1-4H3,(H,36,41)(H,37,38)(H,34,35,42). The normalized spacial score (nSPS) is 17.5. The van der Waals surface area contributed by atoms with Crippen LogP contribution in [0.15, 0.2) is 18.3 Å². The first-order valence-corrected chi connectivity index (χ1v) is 15.8. The van der Waals surface area contributed by atoms with E-state index in [1.54, 1.807) is 10.7 Å². The van der Waals surface area contributed by atoms with Crippen molar-refractivity contribution >= 4 is 29.2 Å². The molecule has 2 saturated carbocycles. The third-order valence-electron chi connectivity index (χ3n) is 9.14. The van der Waals surface area contributed by atoms with Crippen molar-refractivity contribution in [3.8, 4) is 11.1 Å². The molecule has 3 aromatic heterocycles. The highest BCUT2D eigenvalue weighted by Gasteiger charge is 2.41. The average molecular weight is 595 g/mol. The fourth-order valence-corrected chi connectivity index (χ4v) is 7.40. The molecule has 0 bridgehead atoms. The number of carbonyl (C=O) groups is 2. The van der Waals surface area contributed by atoms with Gasteiger partial charge >= 0.3 is 0 Å². The summed E-state index contributed by atoms with van der Waals surface area (Å²) in [5.74, 6) is 0.530. The van der Waals surface area contributed by atoms with E-state index in [0.29, 0.717) is 23.3 Å². The van der Waals surface area contributed by atoms with Crippen molar-refractivity contribution in [2.75, 3.05) is 5.32 Å². The smallest absolute Gasteiger partial charge is 0.271 e. The molecule has 0 saturated heterocycles. The van der Waals surface area contributed by atoms with E-state index < -0.39 is 6.04 Å². The zero-order chi connectivity index (χ0) is 29.8. The van der Waals surface area contributed by atoms with E-state index in [-0.39, 0.29) is 28.9 Å². The van der Waals surface area contributed by atoms with Crippen LogP contribution in [-0.4, -0.2) is 48.0 Å². The number of halogens is 1. The number of anilines is 1. The predicted molar refractivity (Wildman–Crippen MR) is 163 cm³/mol. The van der Waals surface area contributed by atoms with Crippen molar-refractivity contribution in [2.24, 2.45) is 17.8 Å². The van der Waals surface area contributed by atoms with Crippen molar-refractivity contribution in [1.82, 2.24) is 35.5 Å². The van der Waals surface area contributed by atoms with Crippen LogP contribution >= 0.6 is 11.6 Å². The molecule has 0 aromatic carbocycles. The Kier molecular flexibility index (Phi) is 9.60. The largest absolute Gasteiger partial charge is 0.339 e. The highest BCUT2D eigenvalue weighted by Crippen LogP contribution is 2.42. The summed E-state index contributed by atoms with van der Waals surface area (Å²) in [4.78, 5) is 32.5. The van der Waals surface area contributed by atoms with E-state index in [0.717, 1.165) is 73.9 Å². The molecule has 3 aromatic rings. The van der Waals surface area contributed by atoms with Gasteiger partial charge in [0.2, 0.25) is 5.91 Å². The molecule has 226 valence electrons. The summed E-state index contributed by atoms with van der Waals surface area (Å²) in [5.41, 5.74) is 3.73.